The summed E-state index contributed by atoms with van der Waals surface area (Å²) in [7, 11) is 0. The highest BCUT2D eigenvalue weighted by Gasteiger charge is 2.21. The summed E-state index contributed by atoms with van der Waals surface area (Å²) in [6.07, 6.45) is 1.49. The first-order valence-electron chi connectivity index (χ1n) is 7.21. The Morgan fingerprint density at radius 3 is 2.55 bits per heavy atom. The number of hydrogen-bond donors (Lipinski definition) is 1. The molecule has 2 heterocycles. The van der Waals surface area contributed by atoms with Crippen LogP contribution in [0.25, 0.3) is 20.7 Å². The minimum atomic E-state index is -0.169. The van der Waals surface area contributed by atoms with E-state index in [-0.39, 0.29) is 17.5 Å². The van der Waals surface area contributed by atoms with Gasteiger partial charge < -0.3 is 5.11 Å². The lowest BCUT2D eigenvalue weighted by Gasteiger charge is -2.07. The van der Waals surface area contributed by atoms with Crippen LogP contribution < -0.4 is 0 Å². The van der Waals surface area contributed by atoms with Crippen LogP contribution in [-0.2, 0) is 0 Å². The van der Waals surface area contributed by atoms with Crippen LogP contribution in [0.3, 0.4) is 0 Å². The third kappa shape index (κ3) is 2.29. The molecule has 1 N–H and O–H groups in total. The number of Topliss-reactive ketones (excluding diaryl/α,β-unsaturated/α-hetero) is 1. The molecule has 0 fully saturated rings. The Kier molecular flexibility index (Phi) is 3.71. The molecule has 22 heavy (non-hydrogen) atoms. The molecule has 0 aliphatic heterocycles. The third-order valence-corrected chi connectivity index (χ3v) is 5.01. The first kappa shape index (κ1) is 14.7. The zero-order valence-electron chi connectivity index (χ0n) is 12.8. The van der Waals surface area contributed by atoms with E-state index in [1.165, 1.54) is 17.5 Å². The maximum atomic E-state index is 12.2. The SMILES string of the molecule is Cc1c(-c2ccccc2)sc2ncc(C(=O)C(C)C)c(O)c12. The normalized spacial score (nSPS) is 11.3. The molecule has 0 aliphatic carbocycles. The number of ketones is 1. The van der Waals surface area contributed by atoms with Crippen LogP contribution >= 0.6 is 11.3 Å². The predicted molar refractivity (Wildman–Crippen MR) is 90.6 cm³/mol. The smallest absolute Gasteiger partial charge is 0.170 e. The summed E-state index contributed by atoms with van der Waals surface area (Å²) in [6.45, 7) is 5.61. The first-order valence-corrected chi connectivity index (χ1v) is 8.03. The molecule has 0 bridgehead atoms. The number of carbonyl (C=O) groups is 1. The van der Waals surface area contributed by atoms with Crippen LogP contribution in [0.1, 0.15) is 29.8 Å². The summed E-state index contributed by atoms with van der Waals surface area (Å²) < 4.78 is 0. The van der Waals surface area contributed by atoms with Gasteiger partial charge in [-0.15, -0.1) is 11.3 Å². The molecule has 1 aromatic carbocycles. The van der Waals surface area contributed by atoms with Gasteiger partial charge in [0.05, 0.1) is 10.9 Å². The molecule has 0 radical (unpaired) electrons. The Balaban J connectivity index is 2.24. The van der Waals surface area contributed by atoms with E-state index in [0.717, 1.165) is 20.8 Å². The minimum Gasteiger partial charge on any atom is -0.506 e. The molecule has 0 saturated heterocycles. The summed E-state index contributed by atoms with van der Waals surface area (Å²) in [5.74, 6) is -0.198. The second-order valence-electron chi connectivity index (χ2n) is 5.64. The number of nitrogens with zero attached hydrogens (tertiary/aromatic N) is 1. The molecule has 0 unspecified atom stereocenters. The number of aromatic nitrogens is 1. The van der Waals surface area contributed by atoms with E-state index in [4.69, 9.17) is 0 Å². The van der Waals surface area contributed by atoms with Gasteiger partial charge in [0.1, 0.15) is 10.6 Å². The molecular weight excluding hydrogens is 294 g/mol. The molecule has 0 amide bonds. The Hall–Kier alpha value is -2.20. The van der Waals surface area contributed by atoms with Crippen LogP contribution in [0.5, 0.6) is 5.75 Å². The lowest BCUT2D eigenvalue weighted by molar-refractivity contribution is 0.0936. The van der Waals surface area contributed by atoms with E-state index < -0.39 is 0 Å². The van der Waals surface area contributed by atoms with Crippen LogP contribution in [0, 0.1) is 12.8 Å². The highest BCUT2D eigenvalue weighted by molar-refractivity contribution is 7.22. The number of fused-ring (bicyclic) bond motifs is 1. The Bertz CT molecular complexity index is 850. The summed E-state index contributed by atoms with van der Waals surface area (Å²) in [4.78, 5) is 18.4. The number of thiophene rings is 1. The molecule has 112 valence electrons. The summed E-state index contributed by atoms with van der Waals surface area (Å²) >= 11 is 1.54. The third-order valence-electron chi connectivity index (χ3n) is 3.76. The molecule has 0 atom stereocenters. The average Bonchev–Trinajstić information content (AvgIpc) is 2.85. The molecule has 0 saturated carbocycles. The molecule has 4 heteroatoms. The van der Waals surface area contributed by atoms with Crippen molar-refractivity contribution in [2.75, 3.05) is 0 Å². The van der Waals surface area contributed by atoms with E-state index >= 15 is 0 Å². The molecule has 0 aliphatic rings. The fourth-order valence-electron chi connectivity index (χ4n) is 2.54. The van der Waals surface area contributed by atoms with Crippen molar-refractivity contribution in [3.05, 3.63) is 47.7 Å². The number of rotatable bonds is 3. The monoisotopic (exact) mass is 311 g/mol. The van der Waals surface area contributed by atoms with Crippen molar-refractivity contribution in [1.82, 2.24) is 4.98 Å². The number of carbonyl (C=O) groups excluding carboxylic acids is 1. The van der Waals surface area contributed by atoms with Gasteiger partial charge in [0.2, 0.25) is 0 Å². The highest BCUT2D eigenvalue weighted by atomic mass is 32.1. The highest BCUT2D eigenvalue weighted by Crippen LogP contribution is 2.42. The molecule has 3 rings (SSSR count). The van der Waals surface area contributed by atoms with Crippen molar-refractivity contribution in [2.45, 2.75) is 20.8 Å². The van der Waals surface area contributed by atoms with Gasteiger partial charge in [0.15, 0.2) is 5.78 Å². The van der Waals surface area contributed by atoms with Crippen molar-refractivity contribution in [1.29, 1.82) is 0 Å². The lowest BCUT2D eigenvalue weighted by Crippen LogP contribution is -2.08. The second kappa shape index (κ2) is 5.54. The number of benzene rings is 1. The maximum absolute atomic E-state index is 12.2. The summed E-state index contributed by atoms with van der Waals surface area (Å²) in [5.41, 5.74) is 2.37. The van der Waals surface area contributed by atoms with Gasteiger partial charge in [-0.05, 0) is 18.1 Å². The predicted octanol–water partition coefficient (Wildman–Crippen LogP) is 4.82. The average molecular weight is 311 g/mol. The topological polar surface area (TPSA) is 50.2 Å². The molecular formula is C18H17NO2S. The fraction of sp³-hybridized carbons (Fsp3) is 0.222. The zero-order valence-corrected chi connectivity index (χ0v) is 13.6. The first-order chi connectivity index (χ1) is 10.5. The fourth-order valence-corrected chi connectivity index (χ4v) is 3.70. The van der Waals surface area contributed by atoms with Gasteiger partial charge in [-0.25, -0.2) is 4.98 Å². The maximum Gasteiger partial charge on any atom is 0.170 e. The Morgan fingerprint density at radius 2 is 1.91 bits per heavy atom. The van der Waals surface area contributed by atoms with Gasteiger partial charge in [-0.1, -0.05) is 44.2 Å². The van der Waals surface area contributed by atoms with Crippen LogP contribution in [0.15, 0.2) is 36.5 Å². The van der Waals surface area contributed by atoms with Crippen molar-refractivity contribution in [3.63, 3.8) is 0 Å². The minimum absolute atomic E-state index is 0.0552. The quantitative estimate of drug-likeness (QED) is 0.706. The number of aromatic hydroxyl groups is 1. The molecule has 2 aromatic heterocycles. The Morgan fingerprint density at radius 1 is 1.23 bits per heavy atom. The Labute approximate surface area is 133 Å². The lowest BCUT2D eigenvalue weighted by atomic mass is 9.99. The van der Waals surface area contributed by atoms with Gasteiger partial charge in [0.25, 0.3) is 0 Å². The van der Waals surface area contributed by atoms with E-state index in [2.05, 4.69) is 4.98 Å². The standard InChI is InChI=1S/C18H17NO2S/c1-10(2)15(20)13-9-19-18-14(16(13)21)11(3)17(22-18)12-7-5-4-6-8-12/h4-10H,1-3H3,(H,19,21). The summed E-state index contributed by atoms with van der Waals surface area (Å²) in [6, 6.07) is 10.0. The van der Waals surface area contributed by atoms with Crippen molar-refractivity contribution < 1.29 is 9.90 Å². The van der Waals surface area contributed by atoms with Crippen molar-refractivity contribution >= 4 is 27.3 Å². The van der Waals surface area contributed by atoms with E-state index in [1.807, 2.05) is 51.1 Å². The number of aryl methyl sites for hydroxylation is 1. The van der Waals surface area contributed by atoms with E-state index in [0.29, 0.717) is 10.9 Å². The second-order valence-corrected chi connectivity index (χ2v) is 6.64. The van der Waals surface area contributed by atoms with Crippen LogP contribution in [0.4, 0.5) is 0 Å². The van der Waals surface area contributed by atoms with Gasteiger partial charge in [-0.2, -0.15) is 0 Å². The largest absolute Gasteiger partial charge is 0.506 e. The van der Waals surface area contributed by atoms with Crippen LogP contribution in [-0.4, -0.2) is 15.9 Å². The summed E-state index contributed by atoms with van der Waals surface area (Å²) in [5, 5.41) is 11.2. The van der Waals surface area contributed by atoms with Crippen molar-refractivity contribution in [3.8, 4) is 16.2 Å². The van der Waals surface area contributed by atoms with Gasteiger partial charge >= 0.3 is 0 Å². The molecule has 3 nitrogen and oxygen atoms in total. The van der Waals surface area contributed by atoms with Crippen LogP contribution in [0.2, 0.25) is 0 Å². The van der Waals surface area contributed by atoms with Gasteiger partial charge in [-0.3, -0.25) is 4.79 Å². The molecule has 0 spiro atoms. The zero-order chi connectivity index (χ0) is 15.9. The van der Waals surface area contributed by atoms with Crippen molar-refractivity contribution in [2.24, 2.45) is 5.92 Å². The number of pyridine rings is 1. The molecule has 3 aromatic rings. The van der Waals surface area contributed by atoms with Gasteiger partial charge in [0, 0.05) is 17.0 Å². The van der Waals surface area contributed by atoms with E-state index in [1.54, 1.807) is 0 Å². The number of hydrogen-bond acceptors (Lipinski definition) is 4. The van der Waals surface area contributed by atoms with E-state index in [9.17, 15) is 9.90 Å².